The maximum absolute atomic E-state index is 5.30. The highest BCUT2D eigenvalue weighted by atomic mass is 79.9. The van der Waals surface area contributed by atoms with Crippen molar-refractivity contribution in [2.24, 2.45) is 5.92 Å². The molecule has 0 aromatic heterocycles. The van der Waals surface area contributed by atoms with E-state index in [1.54, 1.807) is 13.2 Å². The Kier molecular flexibility index (Phi) is 7.48. The topological polar surface area (TPSA) is 9.23 Å². The summed E-state index contributed by atoms with van der Waals surface area (Å²) in [6, 6.07) is 0. The Morgan fingerprint density at radius 2 is 2.00 bits per heavy atom. The van der Waals surface area contributed by atoms with E-state index < -0.39 is 0 Å². The average Bonchev–Trinajstić information content (AvgIpc) is 2.26. The van der Waals surface area contributed by atoms with Gasteiger partial charge in [-0.3, -0.25) is 0 Å². The molecule has 0 aromatic carbocycles. The van der Waals surface area contributed by atoms with Crippen LogP contribution < -0.4 is 0 Å². The van der Waals surface area contributed by atoms with Gasteiger partial charge in [0.15, 0.2) is 0 Å². The van der Waals surface area contributed by atoms with E-state index in [9.17, 15) is 0 Å². The standard InChI is InChI=1S/C14H23BrO/c1-7-11(5)12(9-10(3)4)14(15)13(8-2)16-6/h8,10H,2,7,9H2,1,3-6H3/b12-11+,14-13-. The van der Waals surface area contributed by atoms with E-state index in [2.05, 4.69) is 50.2 Å². The molecule has 0 spiro atoms. The highest BCUT2D eigenvalue weighted by molar-refractivity contribution is 9.12. The van der Waals surface area contributed by atoms with Gasteiger partial charge in [-0.05, 0) is 53.3 Å². The minimum absolute atomic E-state index is 0.631. The molecule has 1 nitrogen and oxygen atoms in total. The van der Waals surface area contributed by atoms with Crippen molar-refractivity contribution in [3.63, 3.8) is 0 Å². The summed E-state index contributed by atoms with van der Waals surface area (Å²) in [7, 11) is 1.67. The van der Waals surface area contributed by atoms with Crippen molar-refractivity contribution in [1.82, 2.24) is 0 Å². The molecule has 0 amide bonds. The highest BCUT2D eigenvalue weighted by Gasteiger charge is 2.12. The molecule has 16 heavy (non-hydrogen) atoms. The molecule has 0 rings (SSSR count). The van der Waals surface area contributed by atoms with Crippen molar-refractivity contribution < 1.29 is 4.74 Å². The van der Waals surface area contributed by atoms with Crippen molar-refractivity contribution in [2.75, 3.05) is 7.11 Å². The first kappa shape index (κ1) is 15.5. The van der Waals surface area contributed by atoms with E-state index in [-0.39, 0.29) is 0 Å². The fourth-order valence-corrected chi connectivity index (χ4v) is 2.31. The van der Waals surface area contributed by atoms with Crippen molar-refractivity contribution in [1.29, 1.82) is 0 Å². The van der Waals surface area contributed by atoms with Crippen LogP contribution in [0.25, 0.3) is 0 Å². The van der Waals surface area contributed by atoms with E-state index in [4.69, 9.17) is 4.74 Å². The van der Waals surface area contributed by atoms with Crippen LogP contribution in [-0.4, -0.2) is 7.11 Å². The Bertz CT molecular complexity index is 298. The van der Waals surface area contributed by atoms with Crippen LogP contribution in [0.2, 0.25) is 0 Å². The molecule has 2 heteroatoms. The minimum atomic E-state index is 0.631. The number of halogens is 1. The lowest BCUT2D eigenvalue weighted by atomic mass is 9.96. The molecule has 0 aliphatic rings. The first-order valence-electron chi connectivity index (χ1n) is 5.73. The number of allylic oxidation sites excluding steroid dienone is 4. The fourth-order valence-electron chi connectivity index (χ4n) is 1.48. The van der Waals surface area contributed by atoms with E-state index in [0.717, 1.165) is 23.1 Å². The Morgan fingerprint density at radius 3 is 2.31 bits per heavy atom. The fraction of sp³-hybridized carbons (Fsp3) is 0.571. The van der Waals surface area contributed by atoms with Crippen LogP contribution in [0, 0.1) is 5.92 Å². The van der Waals surface area contributed by atoms with Gasteiger partial charge in [0.2, 0.25) is 0 Å². The predicted molar refractivity (Wildman–Crippen MR) is 75.6 cm³/mol. The Morgan fingerprint density at radius 1 is 1.44 bits per heavy atom. The molecule has 0 saturated carbocycles. The van der Waals surface area contributed by atoms with Crippen LogP contribution in [0.5, 0.6) is 0 Å². The summed E-state index contributed by atoms with van der Waals surface area (Å²) in [5.41, 5.74) is 2.74. The van der Waals surface area contributed by atoms with Crippen LogP contribution in [-0.2, 0) is 4.74 Å². The molecule has 0 aliphatic heterocycles. The van der Waals surface area contributed by atoms with E-state index in [1.165, 1.54) is 11.1 Å². The van der Waals surface area contributed by atoms with Gasteiger partial charge in [-0.2, -0.15) is 0 Å². The zero-order chi connectivity index (χ0) is 12.7. The molecule has 0 unspecified atom stereocenters. The van der Waals surface area contributed by atoms with Crippen LogP contribution in [0.4, 0.5) is 0 Å². The van der Waals surface area contributed by atoms with Gasteiger partial charge in [-0.1, -0.05) is 32.9 Å². The number of ether oxygens (including phenoxy) is 1. The molecule has 0 atom stereocenters. The summed E-state index contributed by atoms with van der Waals surface area (Å²) in [5, 5.41) is 0. The summed E-state index contributed by atoms with van der Waals surface area (Å²) in [4.78, 5) is 0. The lowest BCUT2D eigenvalue weighted by molar-refractivity contribution is 0.305. The second kappa shape index (κ2) is 7.72. The maximum Gasteiger partial charge on any atom is 0.132 e. The number of hydrogen-bond acceptors (Lipinski definition) is 1. The van der Waals surface area contributed by atoms with Gasteiger partial charge in [-0.25, -0.2) is 0 Å². The molecule has 0 N–H and O–H groups in total. The highest BCUT2D eigenvalue weighted by Crippen LogP contribution is 2.31. The van der Waals surface area contributed by atoms with Gasteiger partial charge in [0.1, 0.15) is 5.76 Å². The SMILES string of the molecule is C=C/C(OC)=C(Br)\C(CC(C)C)=C(/C)CC. The Labute approximate surface area is 108 Å². The van der Waals surface area contributed by atoms with Gasteiger partial charge < -0.3 is 4.74 Å². The Balaban J connectivity index is 5.36. The third-order valence-corrected chi connectivity index (χ3v) is 3.41. The van der Waals surface area contributed by atoms with Gasteiger partial charge in [0, 0.05) is 0 Å². The Hall–Kier alpha value is -0.500. The molecule has 0 heterocycles. The summed E-state index contributed by atoms with van der Waals surface area (Å²) in [6.45, 7) is 12.6. The molecule has 0 bridgehead atoms. The van der Waals surface area contributed by atoms with Crippen LogP contribution >= 0.6 is 15.9 Å². The molecule has 0 aromatic rings. The van der Waals surface area contributed by atoms with E-state index in [1.807, 2.05) is 0 Å². The third kappa shape index (κ3) is 4.56. The second-order valence-electron chi connectivity index (χ2n) is 4.30. The van der Waals surface area contributed by atoms with Crippen LogP contribution in [0.3, 0.4) is 0 Å². The molecule has 0 saturated heterocycles. The molecule has 92 valence electrons. The third-order valence-electron chi connectivity index (χ3n) is 2.54. The average molecular weight is 287 g/mol. The molecular formula is C14H23BrO. The molecular weight excluding hydrogens is 264 g/mol. The lowest BCUT2D eigenvalue weighted by Crippen LogP contribution is -1.98. The first-order valence-corrected chi connectivity index (χ1v) is 6.52. The maximum atomic E-state index is 5.30. The summed E-state index contributed by atoms with van der Waals surface area (Å²) in [6.07, 6.45) is 3.86. The van der Waals surface area contributed by atoms with Gasteiger partial charge in [0.25, 0.3) is 0 Å². The van der Waals surface area contributed by atoms with Crippen LogP contribution in [0.15, 0.2) is 34.0 Å². The summed E-state index contributed by atoms with van der Waals surface area (Å²) in [5.74, 6) is 1.44. The monoisotopic (exact) mass is 286 g/mol. The predicted octanol–water partition coefficient (Wildman–Crippen LogP) is 5.20. The normalized spacial score (nSPS) is 14.4. The quantitative estimate of drug-likeness (QED) is 0.482. The van der Waals surface area contributed by atoms with Gasteiger partial charge in [-0.15, -0.1) is 0 Å². The molecule has 0 radical (unpaired) electrons. The summed E-state index contributed by atoms with van der Waals surface area (Å²) >= 11 is 3.63. The zero-order valence-corrected chi connectivity index (χ0v) is 12.6. The number of hydrogen-bond donors (Lipinski definition) is 0. The van der Waals surface area contributed by atoms with Crippen molar-refractivity contribution >= 4 is 15.9 Å². The largest absolute Gasteiger partial charge is 0.496 e. The smallest absolute Gasteiger partial charge is 0.132 e. The number of methoxy groups -OCH3 is 1. The minimum Gasteiger partial charge on any atom is -0.496 e. The van der Waals surface area contributed by atoms with Gasteiger partial charge in [0.05, 0.1) is 11.6 Å². The van der Waals surface area contributed by atoms with E-state index >= 15 is 0 Å². The first-order chi connectivity index (χ1) is 7.47. The van der Waals surface area contributed by atoms with Crippen molar-refractivity contribution in [3.05, 3.63) is 34.0 Å². The van der Waals surface area contributed by atoms with Gasteiger partial charge >= 0.3 is 0 Å². The lowest BCUT2D eigenvalue weighted by Gasteiger charge is -2.15. The number of rotatable bonds is 6. The van der Waals surface area contributed by atoms with Crippen molar-refractivity contribution in [2.45, 2.75) is 40.5 Å². The van der Waals surface area contributed by atoms with Crippen molar-refractivity contribution in [3.8, 4) is 0 Å². The molecule has 0 fully saturated rings. The van der Waals surface area contributed by atoms with Crippen LogP contribution in [0.1, 0.15) is 40.5 Å². The second-order valence-corrected chi connectivity index (χ2v) is 5.09. The molecule has 0 aliphatic carbocycles. The zero-order valence-electron chi connectivity index (χ0n) is 11.1. The van der Waals surface area contributed by atoms with E-state index in [0.29, 0.717) is 5.92 Å². The summed E-state index contributed by atoms with van der Waals surface area (Å²) < 4.78 is 6.34.